The molecule has 5 fully saturated rings. The van der Waals surface area contributed by atoms with E-state index in [9.17, 15) is 8.42 Å². The molecule has 3 nitrogen and oxygen atoms in total. The zero-order chi connectivity index (χ0) is 23.1. The third kappa shape index (κ3) is 3.39. The van der Waals surface area contributed by atoms with E-state index in [0.717, 1.165) is 54.8 Å². The van der Waals surface area contributed by atoms with Crippen molar-refractivity contribution in [3.8, 4) is 0 Å². The molecule has 10 atom stereocenters. The highest BCUT2D eigenvalue weighted by Gasteiger charge is 2.76. The lowest BCUT2D eigenvalue weighted by molar-refractivity contribution is -0.0996. The molecule has 0 radical (unpaired) electrons. The maximum atomic E-state index is 12.4. The molecule has 0 bridgehead atoms. The minimum Gasteiger partial charge on any atom is -0.365 e. The molecule has 0 N–H and O–H groups in total. The molecular formula is C28H48O3S. The standard InChI is InChI=1S/C28H48O3S/c1-18(2)8-7-9-19(3)22-10-11-23-21-16-25-28(31-25)17-20(32(6,29)30)12-15-27(28,5)24(21)13-14-26(22,23)4/h18-25H,7-17H2,1-6H3/t19-,20+,21+,22-,23+,24+,25?,26-,27-,28?/m1/s1. The lowest BCUT2D eigenvalue weighted by atomic mass is 9.44. The normalized spacial score (nSPS) is 50.8. The van der Waals surface area contributed by atoms with Gasteiger partial charge in [0.2, 0.25) is 0 Å². The predicted molar refractivity (Wildman–Crippen MR) is 131 cm³/mol. The van der Waals surface area contributed by atoms with Crippen LogP contribution in [0.1, 0.15) is 105 Å². The van der Waals surface area contributed by atoms with Gasteiger partial charge in [0.1, 0.15) is 15.4 Å². The first-order valence-corrected chi connectivity index (χ1v) is 15.7. The minimum atomic E-state index is -2.98. The number of sulfone groups is 1. The van der Waals surface area contributed by atoms with Crippen molar-refractivity contribution in [2.24, 2.45) is 46.3 Å². The molecule has 4 saturated carbocycles. The fraction of sp³-hybridized carbons (Fsp3) is 1.00. The van der Waals surface area contributed by atoms with Gasteiger partial charge in [-0.1, -0.05) is 53.9 Å². The molecule has 4 aliphatic carbocycles. The smallest absolute Gasteiger partial charge is 0.150 e. The summed E-state index contributed by atoms with van der Waals surface area (Å²) >= 11 is 0. The highest BCUT2D eigenvalue weighted by molar-refractivity contribution is 7.91. The molecule has 0 aromatic rings. The number of fused-ring (bicyclic) bond motifs is 4. The van der Waals surface area contributed by atoms with Crippen LogP contribution >= 0.6 is 0 Å². The Bertz CT molecular complexity index is 836. The lowest BCUT2D eigenvalue weighted by Gasteiger charge is -2.59. The third-order valence-corrected chi connectivity index (χ3v) is 13.5. The van der Waals surface area contributed by atoms with Gasteiger partial charge < -0.3 is 4.74 Å². The predicted octanol–water partition coefficient (Wildman–Crippen LogP) is 6.65. The van der Waals surface area contributed by atoms with Gasteiger partial charge in [0, 0.05) is 11.7 Å². The van der Waals surface area contributed by atoms with Crippen molar-refractivity contribution in [1.29, 1.82) is 0 Å². The van der Waals surface area contributed by atoms with Gasteiger partial charge >= 0.3 is 0 Å². The molecule has 1 heterocycles. The molecule has 4 heteroatoms. The second-order valence-corrected chi connectivity index (χ2v) is 16.1. The summed E-state index contributed by atoms with van der Waals surface area (Å²) in [5.74, 6) is 4.94. The molecule has 5 rings (SSSR count). The summed E-state index contributed by atoms with van der Waals surface area (Å²) in [6.45, 7) is 12.4. The van der Waals surface area contributed by atoms with Crippen molar-refractivity contribution in [2.45, 2.75) is 122 Å². The van der Waals surface area contributed by atoms with Gasteiger partial charge in [-0.3, -0.25) is 0 Å². The molecular weight excluding hydrogens is 416 g/mol. The molecule has 32 heavy (non-hydrogen) atoms. The van der Waals surface area contributed by atoms with Crippen molar-refractivity contribution < 1.29 is 13.2 Å². The summed E-state index contributed by atoms with van der Waals surface area (Å²) in [5.41, 5.74) is 0.563. The van der Waals surface area contributed by atoms with E-state index in [1.54, 1.807) is 0 Å². The second-order valence-electron chi connectivity index (χ2n) is 13.8. The highest BCUT2D eigenvalue weighted by atomic mass is 32.2. The maximum absolute atomic E-state index is 12.4. The number of epoxide rings is 1. The monoisotopic (exact) mass is 464 g/mol. The first kappa shape index (κ1) is 23.6. The summed E-state index contributed by atoms with van der Waals surface area (Å²) in [5, 5.41) is -0.187. The fourth-order valence-electron chi connectivity index (χ4n) is 10.0. The third-order valence-electron chi connectivity index (χ3n) is 11.8. The van der Waals surface area contributed by atoms with E-state index in [2.05, 4.69) is 34.6 Å². The summed E-state index contributed by atoms with van der Waals surface area (Å²) in [4.78, 5) is 0. The minimum absolute atomic E-state index is 0.129. The zero-order valence-corrected chi connectivity index (χ0v) is 22.3. The average Bonchev–Trinajstić information content (AvgIpc) is 3.27. The molecule has 0 amide bonds. The summed E-state index contributed by atoms with van der Waals surface area (Å²) in [6, 6.07) is 0. The highest BCUT2D eigenvalue weighted by Crippen LogP contribution is 2.74. The maximum Gasteiger partial charge on any atom is 0.150 e. The van der Waals surface area contributed by atoms with Crippen LogP contribution in [0.2, 0.25) is 0 Å². The largest absolute Gasteiger partial charge is 0.365 e. The van der Waals surface area contributed by atoms with E-state index in [1.165, 1.54) is 57.6 Å². The van der Waals surface area contributed by atoms with Crippen LogP contribution < -0.4 is 0 Å². The van der Waals surface area contributed by atoms with Crippen LogP contribution in [-0.4, -0.2) is 31.6 Å². The van der Waals surface area contributed by atoms with Crippen molar-refractivity contribution in [3.05, 3.63) is 0 Å². The molecule has 0 aromatic heterocycles. The van der Waals surface area contributed by atoms with Gasteiger partial charge in [0.25, 0.3) is 0 Å². The van der Waals surface area contributed by atoms with Crippen LogP contribution in [0.5, 0.6) is 0 Å². The number of hydrogen-bond donors (Lipinski definition) is 0. The van der Waals surface area contributed by atoms with Gasteiger partial charge in [-0.2, -0.15) is 0 Å². The number of ether oxygens (including phenoxy) is 1. The number of hydrogen-bond acceptors (Lipinski definition) is 3. The second kappa shape index (κ2) is 7.70. The van der Waals surface area contributed by atoms with Crippen LogP contribution in [0.25, 0.3) is 0 Å². The van der Waals surface area contributed by atoms with Crippen molar-refractivity contribution in [2.75, 3.05) is 6.26 Å². The molecule has 0 aromatic carbocycles. The fourth-order valence-corrected chi connectivity index (χ4v) is 11.1. The molecule has 2 unspecified atom stereocenters. The van der Waals surface area contributed by atoms with Gasteiger partial charge in [-0.05, 0) is 92.3 Å². The quantitative estimate of drug-likeness (QED) is 0.413. The number of rotatable bonds is 6. The first-order chi connectivity index (χ1) is 14.9. The summed E-state index contributed by atoms with van der Waals surface area (Å²) < 4.78 is 31.3. The van der Waals surface area contributed by atoms with E-state index in [1.807, 2.05) is 0 Å². The van der Waals surface area contributed by atoms with Crippen LogP contribution in [0, 0.1) is 46.3 Å². The Kier molecular flexibility index (Phi) is 5.69. The van der Waals surface area contributed by atoms with Gasteiger partial charge in [0.05, 0.1) is 11.4 Å². The van der Waals surface area contributed by atoms with Crippen LogP contribution in [0.15, 0.2) is 0 Å². The Balaban J connectivity index is 1.33. The van der Waals surface area contributed by atoms with Crippen molar-refractivity contribution in [1.82, 2.24) is 0 Å². The Labute approximate surface area is 197 Å². The summed E-state index contributed by atoms with van der Waals surface area (Å²) in [6.07, 6.45) is 15.3. The van der Waals surface area contributed by atoms with Gasteiger partial charge in [-0.25, -0.2) is 8.42 Å². The van der Waals surface area contributed by atoms with Crippen LogP contribution in [-0.2, 0) is 14.6 Å². The summed E-state index contributed by atoms with van der Waals surface area (Å²) in [7, 11) is -2.98. The van der Waals surface area contributed by atoms with E-state index >= 15 is 0 Å². The Hall–Kier alpha value is -0.0900. The first-order valence-electron chi connectivity index (χ1n) is 13.8. The van der Waals surface area contributed by atoms with Crippen LogP contribution in [0.4, 0.5) is 0 Å². The topological polar surface area (TPSA) is 46.7 Å². The van der Waals surface area contributed by atoms with Crippen molar-refractivity contribution >= 4 is 9.84 Å². The van der Waals surface area contributed by atoms with Crippen LogP contribution in [0.3, 0.4) is 0 Å². The average molecular weight is 465 g/mol. The van der Waals surface area contributed by atoms with Gasteiger partial charge in [0.15, 0.2) is 0 Å². The molecule has 5 aliphatic rings. The Morgan fingerprint density at radius 1 is 0.969 bits per heavy atom. The van der Waals surface area contributed by atoms with E-state index in [4.69, 9.17) is 4.74 Å². The lowest BCUT2D eigenvalue weighted by Crippen LogP contribution is -2.59. The molecule has 184 valence electrons. The van der Waals surface area contributed by atoms with E-state index < -0.39 is 9.84 Å². The zero-order valence-electron chi connectivity index (χ0n) is 21.5. The SMILES string of the molecule is CC(C)CCC[C@@H](C)[C@H]1CC[C@H]2[C@@H]3CC4OC45C[C@@H](S(C)(=O)=O)CC[C@]5(C)[C@H]3CC[C@]12C. The van der Waals surface area contributed by atoms with Crippen molar-refractivity contribution in [3.63, 3.8) is 0 Å². The Morgan fingerprint density at radius 2 is 1.72 bits per heavy atom. The molecule has 1 aliphatic heterocycles. The Morgan fingerprint density at radius 3 is 2.41 bits per heavy atom. The van der Waals surface area contributed by atoms with E-state index in [-0.39, 0.29) is 16.3 Å². The molecule has 1 spiro atoms. The van der Waals surface area contributed by atoms with Gasteiger partial charge in [-0.15, -0.1) is 0 Å². The molecule has 1 saturated heterocycles. The van der Waals surface area contributed by atoms with E-state index in [0.29, 0.717) is 11.5 Å².